The number of hydrogen-bond acceptors (Lipinski definition) is 8. The van der Waals surface area contributed by atoms with E-state index < -0.39 is 38.9 Å². The third-order valence-corrected chi connectivity index (χ3v) is 8.10. The first-order valence-corrected chi connectivity index (χ1v) is 13.3. The molecule has 1 aromatic carbocycles. The highest BCUT2D eigenvalue weighted by Gasteiger charge is 2.30. The Morgan fingerprint density at radius 2 is 1.82 bits per heavy atom. The van der Waals surface area contributed by atoms with Crippen molar-refractivity contribution in [3.05, 3.63) is 65.7 Å². The summed E-state index contributed by atoms with van der Waals surface area (Å²) in [5, 5.41) is 0.303. The van der Waals surface area contributed by atoms with Gasteiger partial charge in [-0.1, -0.05) is 0 Å². The smallest absolute Gasteiger partial charge is 0.316 e. The third-order valence-electron chi connectivity index (χ3n) is 6.56. The highest BCUT2D eigenvalue weighted by molar-refractivity contribution is 7.90. The number of aromatic amines is 1. The second-order valence-electron chi connectivity index (χ2n) is 8.86. The summed E-state index contributed by atoms with van der Waals surface area (Å²) in [6, 6.07) is 3.23. The molecule has 0 bridgehead atoms. The van der Waals surface area contributed by atoms with E-state index in [1.807, 2.05) is 0 Å². The van der Waals surface area contributed by atoms with Crippen LogP contribution in [-0.4, -0.2) is 71.9 Å². The van der Waals surface area contributed by atoms with Crippen LogP contribution in [0.5, 0.6) is 6.01 Å². The average molecular weight is 559 g/mol. The maximum Gasteiger partial charge on any atom is 0.316 e. The van der Waals surface area contributed by atoms with Gasteiger partial charge in [0.25, 0.3) is 0 Å². The summed E-state index contributed by atoms with van der Waals surface area (Å²) in [5.74, 6) is -3.45. The van der Waals surface area contributed by atoms with Gasteiger partial charge in [0.2, 0.25) is 5.78 Å². The maximum absolute atomic E-state index is 15.5. The molecule has 1 aliphatic rings. The lowest BCUT2D eigenvalue weighted by molar-refractivity contribution is 0.0633. The zero-order valence-corrected chi connectivity index (χ0v) is 21.8. The first kappa shape index (κ1) is 26.6. The number of ether oxygens (including phenoxy) is 2. The Kier molecular flexibility index (Phi) is 7.25. The van der Waals surface area contributed by atoms with Gasteiger partial charge in [0.05, 0.1) is 18.4 Å². The fraction of sp³-hybridized carbons (Fsp3) is 0.280. The molecular formula is C25H24F2N6O5S. The topological polar surface area (TPSA) is 139 Å². The molecule has 0 radical (unpaired) electrons. The van der Waals surface area contributed by atoms with Crippen LogP contribution in [0.25, 0.3) is 22.2 Å². The van der Waals surface area contributed by atoms with E-state index in [0.717, 1.165) is 16.4 Å². The molecule has 3 aromatic heterocycles. The second kappa shape index (κ2) is 10.6. The molecule has 0 atom stereocenters. The summed E-state index contributed by atoms with van der Waals surface area (Å²) < 4.78 is 69.7. The molecule has 1 saturated heterocycles. The van der Waals surface area contributed by atoms with Crippen molar-refractivity contribution in [2.75, 3.05) is 32.1 Å². The minimum atomic E-state index is -4.20. The lowest BCUT2D eigenvalue weighted by atomic mass is 10.0. The first-order chi connectivity index (χ1) is 18.7. The van der Waals surface area contributed by atoms with Gasteiger partial charge in [-0.05, 0) is 31.0 Å². The number of methoxy groups -OCH3 is 1. The highest BCUT2D eigenvalue weighted by Crippen LogP contribution is 2.30. The Morgan fingerprint density at radius 3 is 2.51 bits per heavy atom. The summed E-state index contributed by atoms with van der Waals surface area (Å²) in [4.78, 5) is 28.6. The number of carbonyl (C=O) groups excluding carboxylic acids is 1. The van der Waals surface area contributed by atoms with E-state index in [4.69, 9.17) is 9.47 Å². The van der Waals surface area contributed by atoms with E-state index >= 15 is 4.39 Å². The molecule has 5 rings (SSSR count). The van der Waals surface area contributed by atoms with Crippen molar-refractivity contribution < 1.29 is 31.5 Å². The molecule has 0 unspecified atom stereocenters. The zero-order valence-electron chi connectivity index (χ0n) is 20.9. The summed E-state index contributed by atoms with van der Waals surface area (Å²) in [5.41, 5.74) is -0.0569. The number of aromatic nitrogens is 4. The molecule has 0 spiro atoms. The summed E-state index contributed by atoms with van der Waals surface area (Å²) in [6.07, 6.45) is 6.80. The van der Waals surface area contributed by atoms with Gasteiger partial charge in [0, 0.05) is 73.2 Å². The number of carbonyl (C=O) groups is 1. The summed E-state index contributed by atoms with van der Waals surface area (Å²) >= 11 is 0. The summed E-state index contributed by atoms with van der Waals surface area (Å²) in [6.45, 7) is 0.807. The van der Waals surface area contributed by atoms with Crippen molar-refractivity contribution in [2.24, 2.45) is 0 Å². The fourth-order valence-electron chi connectivity index (χ4n) is 4.35. The molecule has 14 heteroatoms. The predicted octanol–water partition coefficient (Wildman–Crippen LogP) is 3.31. The van der Waals surface area contributed by atoms with Crippen LogP contribution in [0.1, 0.15) is 28.8 Å². The van der Waals surface area contributed by atoms with Gasteiger partial charge in [-0.25, -0.2) is 23.7 Å². The summed E-state index contributed by atoms with van der Waals surface area (Å²) in [7, 11) is -1.40. The molecule has 4 heterocycles. The van der Waals surface area contributed by atoms with Crippen LogP contribution < -0.4 is 9.46 Å². The van der Waals surface area contributed by atoms with Crippen LogP contribution in [0.15, 0.2) is 43.0 Å². The van der Waals surface area contributed by atoms with Gasteiger partial charge in [-0.2, -0.15) is 12.7 Å². The quantitative estimate of drug-likeness (QED) is 0.314. The number of halogens is 2. The first-order valence-electron chi connectivity index (χ1n) is 11.9. The molecule has 2 N–H and O–H groups in total. The van der Waals surface area contributed by atoms with Crippen LogP contribution in [0.4, 0.5) is 14.5 Å². The number of ketones is 1. The molecule has 0 aliphatic carbocycles. The van der Waals surface area contributed by atoms with Crippen molar-refractivity contribution in [1.82, 2.24) is 24.2 Å². The van der Waals surface area contributed by atoms with Crippen LogP contribution in [0.3, 0.4) is 0 Å². The number of benzene rings is 1. The fourth-order valence-corrected chi connectivity index (χ4v) is 5.53. The number of H-pyrrole nitrogens is 1. The molecule has 0 amide bonds. The van der Waals surface area contributed by atoms with Crippen LogP contribution >= 0.6 is 0 Å². The van der Waals surface area contributed by atoms with Gasteiger partial charge in [0.1, 0.15) is 11.5 Å². The van der Waals surface area contributed by atoms with Gasteiger partial charge >= 0.3 is 16.2 Å². The lowest BCUT2D eigenvalue weighted by Gasteiger charge is -2.30. The van der Waals surface area contributed by atoms with E-state index in [1.165, 1.54) is 38.9 Å². The molecule has 4 aromatic rings. The molecule has 1 aliphatic heterocycles. The Labute approximate surface area is 222 Å². The number of hydrogen-bond donors (Lipinski definition) is 2. The average Bonchev–Trinajstić information content (AvgIpc) is 3.38. The van der Waals surface area contributed by atoms with Gasteiger partial charge < -0.3 is 14.5 Å². The van der Waals surface area contributed by atoms with Gasteiger partial charge in [-0.15, -0.1) is 0 Å². The third kappa shape index (κ3) is 5.17. The largest absolute Gasteiger partial charge is 0.467 e. The number of fused-ring (bicyclic) bond motifs is 1. The van der Waals surface area contributed by atoms with E-state index in [0.29, 0.717) is 48.2 Å². The van der Waals surface area contributed by atoms with E-state index in [1.54, 1.807) is 6.07 Å². The van der Waals surface area contributed by atoms with Crippen LogP contribution in [0.2, 0.25) is 0 Å². The Balaban J connectivity index is 1.48. The minimum absolute atomic E-state index is 0.0501. The monoisotopic (exact) mass is 558 g/mol. The number of nitrogens with zero attached hydrogens (tertiary/aromatic N) is 4. The van der Waals surface area contributed by atoms with Crippen molar-refractivity contribution in [3.8, 4) is 17.1 Å². The SMILES string of the molecule is COc1ncc(-c2cnc3[nH]cc(C(=O)c4c(F)ccc(NS(=O)(=O)N(C)C5CCOCC5)c4F)c3c2)cn1. The number of pyridine rings is 1. The number of anilines is 1. The Bertz CT molecular complexity index is 1640. The molecule has 39 heavy (non-hydrogen) atoms. The van der Waals surface area contributed by atoms with E-state index in [2.05, 4.69) is 24.7 Å². The van der Waals surface area contributed by atoms with E-state index in [9.17, 15) is 17.6 Å². The maximum atomic E-state index is 15.5. The predicted molar refractivity (Wildman–Crippen MR) is 138 cm³/mol. The number of nitrogens with one attached hydrogen (secondary N) is 2. The van der Waals surface area contributed by atoms with Crippen LogP contribution in [-0.2, 0) is 14.9 Å². The molecule has 11 nitrogen and oxygen atoms in total. The highest BCUT2D eigenvalue weighted by atomic mass is 32.2. The molecular weight excluding hydrogens is 534 g/mol. The minimum Gasteiger partial charge on any atom is -0.467 e. The Hall–Kier alpha value is -4.01. The van der Waals surface area contributed by atoms with Gasteiger partial charge in [-0.3, -0.25) is 9.52 Å². The van der Waals surface area contributed by atoms with E-state index in [-0.39, 0.29) is 17.6 Å². The lowest BCUT2D eigenvalue weighted by Crippen LogP contribution is -2.43. The second-order valence-corrected chi connectivity index (χ2v) is 10.6. The zero-order chi connectivity index (χ0) is 27.7. The normalized spacial score (nSPS) is 14.6. The van der Waals surface area contributed by atoms with Crippen molar-refractivity contribution in [1.29, 1.82) is 0 Å². The molecule has 204 valence electrons. The standard InChI is InChI=1S/C25H24F2N6O5S/c1-33(16-5-7-38-8-6-16)39(35,36)32-20-4-3-19(26)21(22(20)27)23(34)18-13-29-24-17(18)9-14(10-28-24)15-11-30-25(37-2)31-12-15/h3-4,9-13,16,32H,5-8H2,1-2H3,(H,28,29). The molecule has 1 fully saturated rings. The van der Waals surface area contributed by atoms with Crippen LogP contribution in [0, 0.1) is 11.6 Å². The van der Waals surface area contributed by atoms with Gasteiger partial charge in [0.15, 0.2) is 5.82 Å². The van der Waals surface area contributed by atoms with Crippen molar-refractivity contribution in [3.63, 3.8) is 0 Å². The van der Waals surface area contributed by atoms with Crippen molar-refractivity contribution >= 4 is 32.7 Å². The number of rotatable bonds is 8. The Morgan fingerprint density at radius 1 is 1.13 bits per heavy atom. The van der Waals surface area contributed by atoms with Crippen molar-refractivity contribution in [2.45, 2.75) is 18.9 Å². The molecule has 0 saturated carbocycles.